The van der Waals surface area contributed by atoms with Crippen LogP contribution in [0.2, 0.25) is 0 Å². The van der Waals surface area contributed by atoms with Crippen LogP contribution in [0.5, 0.6) is 5.75 Å². The summed E-state index contributed by atoms with van der Waals surface area (Å²) < 4.78 is 71.1. The van der Waals surface area contributed by atoms with Crippen LogP contribution in [0.4, 0.5) is 22.0 Å². The molecule has 0 unspecified atom stereocenters. The van der Waals surface area contributed by atoms with Crippen molar-refractivity contribution in [1.29, 1.82) is 0 Å². The van der Waals surface area contributed by atoms with Gasteiger partial charge in [-0.05, 0) is 41.5 Å². The van der Waals surface area contributed by atoms with E-state index in [4.69, 9.17) is 4.74 Å². The average Bonchev–Trinajstić information content (AvgIpc) is 2.83. The lowest BCUT2D eigenvalue weighted by Crippen LogP contribution is -2.48. The molecule has 184 valence electrons. The van der Waals surface area contributed by atoms with E-state index in [9.17, 15) is 26.7 Å². The molecule has 0 bridgehead atoms. The smallest absolute Gasteiger partial charge is 0.416 e. The predicted octanol–water partition coefficient (Wildman–Crippen LogP) is 5.52. The van der Waals surface area contributed by atoms with Crippen LogP contribution in [0.3, 0.4) is 0 Å². The molecule has 3 aromatic carbocycles. The van der Waals surface area contributed by atoms with Crippen molar-refractivity contribution >= 4 is 5.91 Å². The maximum absolute atomic E-state index is 13.8. The number of alkyl halides is 3. The van der Waals surface area contributed by atoms with Crippen molar-refractivity contribution in [3.05, 3.63) is 101 Å². The fourth-order valence-corrected chi connectivity index (χ4v) is 3.94. The van der Waals surface area contributed by atoms with Crippen molar-refractivity contribution in [3.63, 3.8) is 0 Å². The van der Waals surface area contributed by atoms with E-state index in [1.807, 2.05) is 4.90 Å². The molecule has 1 aliphatic rings. The minimum atomic E-state index is -4.38. The van der Waals surface area contributed by atoms with Crippen molar-refractivity contribution in [1.82, 2.24) is 9.80 Å². The summed E-state index contributed by atoms with van der Waals surface area (Å²) in [6.07, 6.45) is -4.38. The maximum atomic E-state index is 13.8. The summed E-state index contributed by atoms with van der Waals surface area (Å²) in [7, 11) is 0. The quantitative estimate of drug-likeness (QED) is 0.427. The minimum absolute atomic E-state index is 0.00837. The van der Waals surface area contributed by atoms with Gasteiger partial charge in [0.25, 0.3) is 5.91 Å². The van der Waals surface area contributed by atoms with E-state index in [1.165, 1.54) is 12.1 Å². The highest BCUT2D eigenvalue weighted by Gasteiger charge is 2.30. The molecule has 35 heavy (non-hydrogen) atoms. The number of amides is 1. The fraction of sp³-hybridized carbons (Fsp3) is 0.269. The summed E-state index contributed by atoms with van der Waals surface area (Å²) in [6, 6.07) is 15.1. The van der Waals surface area contributed by atoms with Crippen molar-refractivity contribution in [2.45, 2.75) is 19.3 Å². The van der Waals surface area contributed by atoms with Gasteiger partial charge in [0.1, 0.15) is 12.4 Å². The number of hydrogen-bond donors (Lipinski definition) is 0. The maximum Gasteiger partial charge on any atom is 0.416 e. The Morgan fingerprint density at radius 3 is 2.29 bits per heavy atom. The summed E-state index contributed by atoms with van der Waals surface area (Å²) >= 11 is 0. The second-order valence-electron chi connectivity index (χ2n) is 8.33. The standard InChI is InChI=1S/C26H23F5N2O2/c27-22-7-8-24(23(28)15-22)35-17-19-4-1-5-20(13-19)25(34)33-11-9-32(10-12-33)16-18-3-2-6-21(14-18)26(29,30)31/h1-8,13-15H,9-12,16-17H2. The molecule has 0 aliphatic carbocycles. The second-order valence-corrected chi connectivity index (χ2v) is 8.33. The Bertz CT molecular complexity index is 1190. The van der Waals surface area contributed by atoms with Crippen LogP contribution in [0, 0.1) is 11.6 Å². The Hall–Kier alpha value is -3.46. The molecule has 0 saturated carbocycles. The number of ether oxygens (including phenoxy) is 1. The SMILES string of the molecule is O=C(c1cccc(COc2ccc(F)cc2F)c1)N1CCN(Cc2cccc(C(F)(F)F)c2)CC1. The highest BCUT2D eigenvalue weighted by molar-refractivity contribution is 5.94. The number of nitrogens with zero attached hydrogens (tertiary/aromatic N) is 2. The molecule has 0 aromatic heterocycles. The molecule has 1 aliphatic heterocycles. The first-order chi connectivity index (χ1) is 16.7. The van der Waals surface area contributed by atoms with Crippen LogP contribution in [0.1, 0.15) is 27.0 Å². The van der Waals surface area contributed by atoms with Gasteiger partial charge >= 0.3 is 6.18 Å². The highest BCUT2D eigenvalue weighted by atomic mass is 19.4. The Morgan fingerprint density at radius 2 is 1.57 bits per heavy atom. The Labute approximate surface area is 199 Å². The van der Waals surface area contributed by atoms with Crippen LogP contribution in [-0.4, -0.2) is 41.9 Å². The van der Waals surface area contributed by atoms with Gasteiger partial charge in [0, 0.05) is 44.4 Å². The summed E-state index contributed by atoms with van der Waals surface area (Å²) in [6.45, 7) is 2.34. The zero-order valence-corrected chi connectivity index (χ0v) is 18.7. The third-order valence-electron chi connectivity index (χ3n) is 5.78. The summed E-state index contributed by atoms with van der Waals surface area (Å²) in [5, 5.41) is 0. The van der Waals surface area contributed by atoms with Gasteiger partial charge in [-0.15, -0.1) is 0 Å². The van der Waals surface area contributed by atoms with Crippen molar-refractivity contribution < 1.29 is 31.5 Å². The number of halogens is 5. The molecule has 1 heterocycles. The first-order valence-corrected chi connectivity index (χ1v) is 11.0. The normalized spacial score (nSPS) is 14.7. The number of rotatable bonds is 6. The van der Waals surface area contributed by atoms with E-state index in [1.54, 1.807) is 35.2 Å². The second kappa shape index (κ2) is 10.4. The molecule has 0 N–H and O–H groups in total. The number of benzene rings is 3. The Morgan fingerprint density at radius 1 is 0.857 bits per heavy atom. The lowest BCUT2D eigenvalue weighted by Gasteiger charge is -2.35. The van der Waals surface area contributed by atoms with Crippen LogP contribution in [-0.2, 0) is 19.3 Å². The fourth-order valence-electron chi connectivity index (χ4n) is 3.94. The highest BCUT2D eigenvalue weighted by Crippen LogP contribution is 2.30. The molecule has 1 fully saturated rings. The van der Waals surface area contributed by atoms with Gasteiger partial charge in [-0.1, -0.05) is 30.3 Å². The molecule has 1 amide bonds. The van der Waals surface area contributed by atoms with Crippen molar-refractivity contribution in [3.8, 4) is 5.75 Å². The van der Waals surface area contributed by atoms with Crippen molar-refractivity contribution in [2.24, 2.45) is 0 Å². The van der Waals surface area contributed by atoms with E-state index >= 15 is 0 Å². The monoisotopic (exact) mass is 490 g/mol. The van der Waals surface area contributed by atoms with Crippen LogP contribution >= 0.6 is 0 Å². The molecule has 4 nitrogen and oxygen atoms in total. The molecular formula is C26H23F5N2O2. The van der Waals surface area contributed by atoms with Gasteiger partial charge in [0.05, 0.1) is 5.56 Å². The molecule has 0 spiro atoms. The number of carbonyl (C=O) groups excluding carboxylic acids is 1. The van der Waals surface area contributed by atoms with E-state index in [0.717, 1.165) is 24.3 Å². The van der Waals surface area contributed by atoms with E-state index < -0.39 is 23.4 Å². The third-order valence-corrected chi connectivity index (χ3v) is 5.78. The lowest BCUT2D eigenvalue weighted by atomic mass is 10.1. The molecular weight excluding hydrogens is 467 g/mol. The zero-order valence-electron chi connectivity index (χ0n) is 18.7. The zero-order chi connectivity index (χ0) is 25.0. The van der Waals surface area contributed by atoms with Gasteiger partial charge in [0.2, 0.25) is 0 Å². The topological polar surface area (TPSA) is 32.8 Å². The van der Waals surface area contributed by atoms with E-state index in [2.05, 4.69) is 0 Å². The molecule has 3 aromatic rings. The van der Waals surface area contributed by atoms with E-state index in [-0.39, 0.29) is 18.3 Å². The van der Waals surface area contributed by atoms with Gasteiger partial charge < -0.3 is 9.64 Å². The number of piperazine rings is 1. The average molecular weight is 490 g/mol. The van der Waals surface area contributed by atoms with Gasteiger partial charge in [-0.2, -0.15) is 13.2 Å². The summed E-state index contributed by atoms with van der Waals surface area (Å²) in [4.78, 5) is 16.7. The molecule has 1 saturated heterocycles. The Kier molecular flexibility index (Phi) is 7.35. The molecule has 0 atom stereocenters. The number of hydrogen-bond acceptors (Lipinski definition) is 3. The largest absolute Gasteiger partial charge is 0.486 e. The predicted molar refractivity (Wildman–Crippen MR) is 120 cm³/mol. The van der Waals surface area contributed by atoms with Crippen LogP contribution < -0.4 is 4.74 Å². The Balaban J connectivity index is 1.32. The number of carbonyl (C=O) groups is 1. The minimum Gasteiger partial charge on any atom is -0.486 e. The summed E-state index contributed by atoms with van der Waals surface area (Å²) in [5.41, 5.74) is 1.01. The van der Waals surface area contributed by atoms with Crippen LogP contribution in [0.25, 0.3) is 0 Å². The summed E-state index contributed by atoms with van der Waals surface area (Å²) in [5.74, 6) is -1.75. The van der Waals surface area contributed by atoms with Crippen LogP contribution in [0.15, 0.2) is 66.7 Å². The van der Waals surface area contributed by atoms with Gasteiger partial charge in [-0.25, -0.2) is 8.78 Å². The van der Waals surface area contributed by atoms with Crippen molar-refractivity contribution in [2.75, 3.05) is 26.2 Å². The van der Waals surface area contributed by atoms with Gasteiger partial charge in [0.15, 0.2) is 11.6 Å². The third kappa shape index (κ3) is 6.36. The molecule has 0 radical (unpaired) electrons. The lowest BCUT2D eigenvalue weighted by molar-refractivity contribution is -0.137. The first-order valence-electron chi connectivity index (χ1n) is 11.0. The van der Waals surface area contributed by atoms with Gasteiger partial charge in [-0.3, -0.25) is 9.69 Å². The first kappa shape index (κ1) is 24.7. The molecule has 4 rings (SSSR count). The van der Waals surface area contributed by atoms with E-state index in [0.29, 0.717) is 49.4 Å². The molecule has 9 heteroatoms.